The summed E-state index contributed by atoms with van der Waals surface area (Å²) in [5, 5.41) is 0. The van der Waals surface area contributed by atoms with Gasteiger partial charge in [0, 0.05) is 31.2 Å². The van der Waals surface area contributed by atoms with E-state index in [1.54, 1.807) is 0 Å². The SMILES string of the molecule is O=S(=O)([O-])[O-].O=S(=O)([O-])[O-].O=S(=O)([O-])[O-].[Mg+2].[Si+4]. The Balaban J connectivity index is -0.0000000400. The average Bonchev–Trinajstić information content (AvgIpc) is 1.41. The summed E-state index contributed by atoms with van der Waals surface area (Å²) in [4.78, 5) is 0. The van der Waals surface area contributed by atoms with Crippen LogP contribution in [0.25, 0.3) is 0 Å². The van der Waals surface area contributed by atoms with Crippen LogP contribution in [0.1, 0.15) is 0 Å². The smallest absolute Gasteiger partial charge is 0.759 e. The summed E-state index contributed by atoms with van der Waals surface area (Å²) in [7, 11) is -15.5. The van der Waals surface area contributed by atoms with E-state index in [0.717, 1.165) is 0 Å². The average molecular weight is 341 g/mol. The Morgan fingerprint density at radius 3 is 0.471 bits per heavy atom. The van der Waals surface area contributed by atoms with E-state index >= 15 is 0 Å². The van der Waals surface area contributed by atoms with Gasteiger partial charge in [0.1, 0.15) is 0 Å². The normalized spacial score (nSPS) is 10.2. The Kier molecular flexibility index (Phi) is 21.0. The molecule has 0 rings (SSSR count). The van der Waals surface area contributed by atoms with Gasteiger partial charge in [0.25, 0.3) is 0 Å². The first kappa shape index (κ1) is 30.5. The number of hydrogen-bond donors (Lipinski definition) is 0. The summed E-state index contributed by atoms with van der Waals surface area (Å²) in [5.74, 6) is 0. The summed E-state index contributed by atoms with van der Waals surface area (Å²) in [6.45, 7) is 0. The van der Waals surface area contributed by atoms with Crippen molar-refractivity contribution in [2.24, 2.45) is 0 Å². The van der Waals surface area contributed by atoms with Crippen molar-refractivity contribution in [3.63, 3.8) is 0 Å². The molecule has 0 radical (unpaired) electrons. The minimum absolute atomic E-state index is 0. The summed E-state index contributed by atoms with van der Waals surface area (Å²) in [6.07, 6.45) is 0. The Labute approximate surface area is 117 Å². The Morgan fingerprint density at radius 2 is 0.471 bits per heavy atom. The van der Waals surface area contributed by atoms with E-state index in [-0.39, 0.29) is 34.0 Å². The molecule has 0 aromatic heterocycles. The predicted molar refractivity (Wildman–Crippen MR) is 42.9 cm³/mol. The maximum absolute atomic E-state index is 8.52. The van der Waals surface area contributed by atoms with Crippen LogP contribution >= 0.6 is 0 Å². The maximum Gasteiger partial charge on any atom is 4.00 e. The van der Waals surface area contributed by atoms with Crippen molar-refractivity contribution in [1.82, 2.24) is 0 Å². The molecule has 0 unspecified atom stereocenters. The first-order valence-corrected chi connectivity index (χ1v) is 6.00. The molecule has 0 spiro atoms. The van der Waals surface area contributed by atoms with Crippen LogP contribution in [0.4, 0.5) is 0 Å². The third-order valence-electron chi connectivity index (χ3n) is 0. The van der Waals surface area contributed by atoms with Crippen LogP contribution in [0, 0.1) is 0 Å². The second-order valence-corrected chi connectivity index (χ2v) is 3.67. The Morgan fingerprint density at radius 1 is 0.471 bits per heavy atom. The second kappa shape index (κ2) is 11.7. The standard InChI is InChI=1S/Mg.3H2O4S.Si/c;3*1-5(2,3)4;/h;3*(H2,1,2,3,4);/q+2;;;;+4/p-6. The predicted octanol–water partition coefficient (Wildman–Crippen LogP) is -4.78. The molecule has 96 valence electrons. The topological polar surface area (TPSA) is 241 Å². The number of rotatable bonds is 0. The van der Waals surface area contributed by atoms with Gasteiger partial charge in [0.2, 0.25) is 0 Å². The monoisotopic (exact) mass is 340 g/mol. The fraction of sp³-hybridized carbons (Fsp3) is 0. The molecular weight excluding hydrogens is 341 g/mol. The van der Waals surface area contributed by atoms with Gasteiger partial charge in [-0.25, -0.2) is 0 Å². The largest absolute Gasteiger partial charge is 4.00 e. The van der Waals surface area contributed by atoms with E-state index in [0.29, 0.717) is 0 Å². The molecule has 12 nitrogen and oxygen atoms in total. The van der Waals surface area contributed by atoms with Crippen molar-refractivity contribution in [3.8, 4) is 0 Å². The molecule has 0 aromatic rings. The maximum atomic E-state index is 8.52. The molecule has 0 bridgehead atoms. The minimum Gasteiger partial charge on any atom is -0.759 e. The van der Waals surface area contributed by atoms with Gasteiger partial charge in [-0.3, -0.25) is 25.3 Å². The van der Waals surface area contributed by atoms with E-state index in [1.165, 1.54) is 0 Å². The first-order chi connectivity index (χ1) is 6.00. The summed E-state index contributed by atoms with van der Waals surface area (Å²) in [6, 6.07) is 0. The minimum atomic E-state index is -5.17. The summed E-state index contributed by atoms with van der Waals surface area (Å²) < 4.78 is 102. The van der Waals surface area contributed by atoms with Crippen LogP contribution in [-0.4, -0.2) is 86.6 Å². The second-order valence-electron chi connectivity index (χ2n) is 1.22. The molecule has 0 aromatic carbocycles. The molecule has 0 heterocycles. The zero-order chi connectivity index (χ0) is 13.5. The fourth-order valence-electron chi connectivity index (χ4n) is 0. The molecule has 0 saturated heterocycles. The van der Waals surface area contributed by atoms with Crippen LogP contribution in [-0.2, 0) is 31.2 Å². The molecule has 17 heavy (non-hydrogen) atoms. The van der Waals surface area contributed by atoms with Crippen molar-refractivity contribution >= 4 is 65.2 Å². The van der Waals surface area contributed by atoms with Crippen LogP contribution in [0.3, 0.4) is 0 Å². The quantitative estimate of drug-likeness (QED) is 0.229. The van der Waals surface area contributed by atoms with Crippen molar-refractivity contribution in [2.45, 2.75) is 0 Å². The fourth-order valence-corrected chi connectivity index (χ4v) is 0. The van der Waals surface area contributed by atoms with Gasteiger partial charge in [-0.15, -0.1) is 0 Å². The summed E-state index contributed by atoms with van der Waals surface area (Å²) >= 11 is 0. The molecule has 0 amide bonds. The van der Waals surface area contributed by atoms with E-state index in [2.05, 4.69) is 0 Å². The molecule has 0 saturated carbocycles. The number of hydrogen-bond acceptors (Lipinski definition) is 12. The van der Waals surface area contributed by atoms with Crippen LogP contribution in [0.2, 0.25) is 0 Å². The van der Waals surface area contributed by atoms with E-state index in [9.17, 15) is 0 Å². The molecular formula is MgO12S3Si. The molecule has 0 atom stereocenters. The van der Waals surface area contributed by atoms with Crippen molar-refractivity contribution < 1.29 is 52.6 Å². The van der Waals surface area contributed by atoms with Crippen LogP contribution in [0.5, 0.6) is 0 Å². The molecule has 0 N–H and O–H groups in total. The van der Waals surface area contributed by atoms with Gasteiger partial charge in [0.15, 0.2) is 0 Å². The van der Waals surface area contributed by atoms with Gasteiger partial charge >= 0.3 is 34.0 Å². The third kappa shape index (κ3) is 10000. The molecule has 0 aliphatic heterocycles. The van der Waals surface area contributed by atoms with Gasteiger partial charge in [-0.05, 0) is 0 Å². The van der Waals surface area contributed by atoms with Crippen LogP contribution in [0.15, 0.2) is 0 Å². The zero-order valence-corrected chi connectivity index (χ0v) is 12.2. The molecule has 0 fully saturated rings. The summed E-state index contributed by atoms with van der Waals surface area (Å²) in [5.41, 5.74) is 0. The van der Waals surface area contributed by atoms with Crippen LogP contribution < -0.4 is 0 Å². The van der Waals surface area contributed by atoms with Crippen molar-refractivity contribution in [2.75, 3.05) is 0 Å². The zero-order valence-electron chi connectivity index (χ0n) is 7.33. The van der Waals surface area contributed by atoms with Gasteiger partial charge in [-0.1, -0.05) is 0 Å². The molecule has 0 aliphatic rings. The van der Waals surface area contributed by atoms with E-state index < -0.39 is 31.2 Å². The van der Waals surface area contributed by atoms with E-state index in [4.69, 9.17) is 52.6 Å². The van der Waals surface area contributed by atoms with Gasteiger partial charge in [0.05, 0.1) is 0 Å². The first-order valence-electron chi connectivity index (χ1n) is 2.00. The van der Waals surface area contributed by atoms with E-state index in [1.807, 2.05) is 0 Å². The van der Waals surface area contributed by atoms with Gasteiger partial charge < -0.3 is 27.3 Å². The molecule has 17 heteroatoms. The third-order valence-corrected chi connectivity index (χ3v) is 0. The van der Waals surface area contributed by atoms with Crippen molar-refractivity contribution in [3.05, 3.63) is 0 Å². The van der Waals surface area contributed by atoms with Crippen molar-refractivity contribution in [1.29, 1.82) is 0 Å². The van der Waals surface area contributed by atoms with Gasteiger partial charge in [-0.2, -0.15) is 0 Å². The molecule has 0 aliphatic carbocycles. The Hall–Kier alpha value is 0.593. The Bertz CT molecular complexity index is 343.